The van der Waals surface area contributed by atoms with Gasteiger partial charge in [0.25, 0.3) is 0 Å². The summed E-state index contributed by atoms with van der Waals surface area (Å²) in [6.07, 6.45) is 0.817. The Kier molecular flexibility index (Phi) is 4.78. The predicted molar refractivity (Wildman–Crippen MR) is 58.6 cm³/mol. The molecule has 4 heteroatoms. The number of aromatic nitrogens is 1. The second-order valence-electron chi connectivity index (χ2n) is 3.75. The van der Waals surface area contributed by atoms with Crippen molar-refractivity contribution in [1.82, 2.24) is 10.1 Å². The maximum atomic E-state index is 8.79. The molecule has 0 aliphatic heterocycles. The van der Waals surface area contributed by atoms with E-state index in [9.17, 15) is 0 Å². The quantitative estimate of drug-likeness (QED) is 0.776. The van der Waals surface area contributed by atoms with E-state index >= 15 is 0 Å². The average Bonchev–Trinajstić information content (AvgIpc) is 2.55. The van der Waals surface area contributed by atoms with E-state index in [-0.39, 0.29) is 6.61 Å². The minimum absolute atomic E-state index is 0.248. The third-order valence-corrected chi connectivity index (χ3v) is 2.64. The number of hydrogen-bond donors (Lipinski definition) is 1. The lowest BCUT2D eigenvalue weighted by Crippen LogP contribution is -2.25. The van der Waals surface area contributed by atoms with Crippen molar-refractivity contribution in [2.45, 2.75) is 33.7 Å². The van der Waals surface area contributed by atoms with Crippen LogP contribution in [0.3, 0.4) is 0 Å². The fourth-order valence-corrected chi connectivity index (χ4v) is 1.59. The van der Waals surface area contributed by atoms with Crippen LogP contribution in [0.25, 0.3) is 0 Å². The predicted octanol–water partition coefficient (Wildman–Crippen LogP) is 1.50. The minimum atomic E-state index is 0.248. The second kappa shape index (κ2) is 5.88. The van der Waals surface area contributed by atoms with Gasteiger partial charge in [-0.05, 0) is 26.8 Å². The van der Waals surface area contributed by atoms with Crippen molar-refractivity contribution in [1.29, 1.82) is 0 Å². The molecule has 0 aliphatic rings. The van der Waals surface area contributed by atoms with Gasteiger partial charge in [0, 0.05) is 25.3 Å². The molecule has 0 atom stereocenters. The summed E-state index contributed by atoms with van der Waals surface area (Å²) in [5, 5.41) is 12.7. The lowest BCUT2D eigenvalue weighted by molar-refractivity contribution is 0.224. The Morgan fingerprint density at radius 2 is 2.13 bits per heavy atom. The molecule has 0 unspecified atom stereocenters. The van der Waals surface area contributed by atoms with Crippen molar-refractivity contribution in [2.24, 2.45) is 0 Å². The normalized spacial score (nSPS) is 11.3. The highest BCUT2D eigenvalue weighted by molar-refractivity contribution is 5.20. The topological polar surface area (TPSA) is 49.5 Å². The van der Waals surface area contributed by atoms with E-state index < -0.39 is 0 Å². The molecule has 0 bridgehead atoms. The Morgan fingerprint density at radius 1 is 1.40 bits per heavy atom. The molecule has 86 valence electrons. The molecular formula is C11H20N2O2. The molecule has 1 N–H and O–H groups in total. The third kappa shape index (κ3) is 3.32. The van der Waals surface area contributed by atoms with Gasteiger partial charge >= 0.3 is 0 Å². The average molecular weight is 212 g/mol. The highest BCUT2D eigenvalue weighted by atomic mass is 16.5. The molecule has 0 spiro atoms. The molecule has 0 amide bonds. The van der Waals surface area contributed by atoms with Crippen LogP contribution in [-0.4, -0.2) is 34.9 Å². The van der Waals surface area contributed by atoms with Crippen LogP contribution >= 0.6 is 0 Å². The Balaban J connectivity index is 2.58. The molecule has 0 radical (unpaired) electrons. The molecule has 1 aromatic rings. The highest BCUT2D eigenvalue weighted by Gasteiger charge is 2.12. The van der Waals surface area contributed by atoms with Crippen molar-refractivity contribution < 1.29 is 9.63 Å². The molecule has 0 aliphatic carbocycles. The lowest BCUT2D eigenvalue weighted by Gasteiger charge is -2.19. The number of aliphatic hydroxyl groups is 1. The van der Waals surface area contributed by atoms with Gasteiger partial charge in [0.2, 0.25) is 0 Å². The molecule has 1 heterocycles. The molecule has 0 saturated carbocycles. The van der Waals surface area contributed by atoms with Crippen LogP contribution in [0.1, 0.15) is 30.4 Å². The van der Waals surface area contributed by atoms with Crippen LogP contribution in [-0.2, 0) is 6.54 Å². The third-order valence-electron chi connectivity index (χ3n) is 2.64. The Labute approximate surface area is 90.9 Å². The molecule has 15 heavy (non-hydrogen) atoms. The van der Waals surface area contributed by atoms with Gasteiger partial charge in [-0.15, -0.1) is 0 Å². The molecule has 0 aromatic carbocycles. The van der Waals surface area contributed by atoms with Gasteiger partial charge in [-0.25, -0.2) is 0 Å². The van der Waals surface area contributed by atoms with Gasteiger partial charge in [0.05, 0.1) is 5.69 Å². The van der Waals surface area contributed by atoms with Gasteiger partial charge < -0.3 is 9.63 Å². The maximum Gasteiger partial charge on any atom is 0.138 e. The highest BCUT2D eigenvalue weighted by Crippen LogP contribution is 2.14. The first-order valence-electron chi connectivity index (χ1n) is 5.44. The maximum absolute atomic E-state index is 8.79. The zero-order valence-electron chi connectivity index (χ0n) is 9.79. The first kappa shape index (κ1) is 12.2. The Hall–Kier alpha value is -0.870. The van der Waals surface area contributed by atoms with Crippen molar-refractivity contribution in [3.63, 3.8) is 0 Å². The van der Waals surface area contributed by atoms with E-state index in [4.69, 9.17) is 9.63 Å². The zero-order chi connectivity index (χ0) is 11.3. The van der Waals surface area contributed by atoms with Crippen LogP contribution in [0.2, 0.25) is 0 Å². The summed E-state index contributed by atoms with van der Waals surface area (Å²) in [4.78, 5) is 2.28. The molecule has 0 saturated heterocycles. The first-order chi connectivity index (χ1) is 7.19. The second-order valence-corrected chi connectivity index (χ2v) is 3.75. The van der Waals surface area contributed by atoms with E-state index in [1.165, 1.54) is 5.56 Å². The molecule has 0 fully saturated rings. The number of hydrogen-bond acceptors (Lipinski definition) is 4. The van der Waals surface area contributed by atoms with E-state index in [0.717, 1.165) is 37.5 Å². The summed E-state index contributed by atoms with van der Waals surface area (Å²) in [7, 11) is 0. The SMILES string of the molecule is CCN(CCCO)Cc1c(C)noc1C. The van der Waals surface area contributed by atoms with Gasteiger partial charge in [-0.3, -0.25) is 4.90 Å². The van der Waals surface area contributed by atoms with Crippen molar-refractivity contribution >= 4 is 0 Å². The van der Waals surface area contributed by atoms with Crippen LogP contribution in [0.5, 0.6) is 0 Å². The van der Waals surface area contributed by atoms with E-state index in [1.54, 1.807) is 0 Å². The monoisotopic (exact) mass is 212 g/mol. The molecule has 4 nitrogen and oxygen atoms in total. The van der Waals surface area contributed by atoms with E-state index in [1.807, 2.05) is 13.8 Å². The van der Waals surface area contributed by atoms with Crippen molar-refractivity contribution in [3.05, 3.63) is 17.0 Å². The van der Waals surface area contributed by atoms with Gasteiger partial charge in [-0.2, -0.15) is 0 Å². The summed E-state index contributed by atoms with van der Waals surface area (Å²) in [5.74, 6) is 0.898. The molecule has 1 rings (SSSR count). The standard InChI is InChI=1S/C11H20N2O2/c1-4-13(6-5-7-14)8-11-9(2)12-15-10(11)3/h14H,4-8H2,1-3H3. The smallest absolute Gasteiger partial charge is 0.138 e. The fourth-order valence-electron chi connectivity index (χ4n) is 1.59. The Bertz CT molecular complexity index is 277. The number of aryl methyl sites for hydroxylation is 2. The summed E-state index contributed by atoms with van der Waals surface area (Å²) in [5.41, 5.74) is 2.14. The molecule has 1 aromatic heterocycles. The summed E-state index contributed by atoms with van der Waals surface area (Å²) < 4.78 is 5.12. The van der Waals surface area contributed by atoms with Gasteiger partial charge in [0.1, 0.15) is 5.76 Å². The van der Waals surface area contributed by atoms with E-state index in [2.05, 4.69) is 17.0 Å². The first-order valence-corrected chi connectivity index (χ1v) is 5.44. The lowest BCUT2D eigenvalue weighted by atomic mass is 10.2. The number of aliphatic hydroxyl groups excluding tert-OH is 1. The minimum Gasteiger partial charge on any atom is -0.396 e. The zero-order valence-corrected chi connectivity index (χ0v) is 9.79. The summed E-state index contributed by atoms with van der Waals surface area (Å²) >= 11 is 0. The van der Waals surface area contributed by atoms with Crippen LogP contribution < -0.4 is 0 Å². The van der Waals surface area contributed by atoms with Crippen molar-refractivity contribution in [3.8, 4) is 0 Å². The van der Waals surface area contributed by atoms with Crippen LogP contribution in [0, 0.1) is 13.8 Å². The van der Waals surface area contributed by atoms with Gasteiger partial charge in [0.15, 0.2) is 0 Å². The molecular weight excluding hydrogens is 192 g/mol. The number of rotatable bonds is 6. The van der Waals surface area contributed by atoms with Gasteiger partial charge in [-0.1, -0.05) is 12.1 Å². The Morgan fingerprint density at radius 3 is 2.60 bits per heavy atom. The van der Waals surface area contributed by atoms with Crippen LogP contribution in [0.4, 0.5) is 0 Å². The van der Waals surface area contributed by atoms with Crippen LogP contribution in [0.15, 0.2) is 4.52 Å². The number of nitrogens with zero attached hydrogens (tertiary/aromatic N) is 2. The fraction of sp³-hybridized carbons (Fsp3) is 0.727. The summed E-state index contributed by atoms with van der Waals surface area (Å²) in [6.45, 7) is 9.02. The van der Waals surface area contributed by atoms with Crippen molar-refractivity contribution in [2.75, 3.05) is 19.7 Å². The summed E-state index contributed by atoms with van der Waals surface area (Å²) in [6, 6.07) is 0. The largest absolute Gasteiger partial charge is 0.396 e. The van der Waals surface area contributed by atoms with E-state index in [0.29, 0.717) is 0 Å².